The molecular formula is C18H19F2N5O3. The number of halogens is 2. The molecule has 0 aliphatic carbocycles. The number of rotatable bonds is 6. The molecule has 2 atom stereocenters. The van der Waals surface area contributed by atoms with Crippen LogP contribution >= 0.6 is 0 Å². The maximum absolute atomic E-state index is 13.0. The molecule has 10 heteroatoms. The highest BCUT2D eigenvalue weighted by Crippen LogP contribution is 2.39. The zero-order valence-corrected chi connectivity index (χ0v) is 15.0. The van der Waals surface area contributed by atoms with Gasteiger partial charge in [-0.3, -0.25) is 9.79 Å². The molecule has 3 heterocycles. The first-order valence-corrected chi connectivity index (χ1v) is 8.69. The third-order valence-corrected chi connectivity index (χ3v) is 5.03. The molecule has 2 aromatic rings. The smallest absolute Gasteiger partial charge is 0.270 e. The number of benzene rings is 1. The van der Waals surface area contributed by atoms with Crippen LogP contribution < -0.4 is 11.1 Å². The molecule has 2 aliphatic heterocycles. The number of carbonyl (C=O) groups is 1. The number of aromatic nitrogens is 2. The van der Waals surface area contributed by atoms with E-state index in [9.17, 15) is 18.7 Å². The first-order chi connectivity index (χ1) is 13.2. The number of hydrogen-bond acceptors (Lipinski definition) is 6. The Morgan fingerprint density at radius 1 is 1.43 bits per heavy atom. The van der Waals surface area contributed by atoms with E-state index in [2.05, 4.69) is 15.4 Å². The molecule has 0 saturated carbocycles. The van der Waals surface area contributed by atoms with Gasteiger partial charge in [0.1, 0.15) is 11.2 Å². The number of nitrogens with one attached hydrogen (secondary N) is 1. The van der Waals surface area contributed by atoms with Crippen molar-refractivity contribution in [1.29, 1.82) is 0 Å². The van der Waals surface area contributed by atoms with Gasteiger partial charge >= 0.3 is 0 Å². The van der Waals surface area contributed by atoms with Crippen LogP contribution in [0.4, 0.5) is 20.3 Å². The van der Waals surface area contributed by atoms with E-state index in [1.54, 1.807) is 4.68 Å². The molecule has 1 saturated heterocycles. The number of primary amides is 1. The molecule has 8 nitrogen and oxygen atoms in total. The minimum absolute atomic E-state index is 0.0722. The van der Waals surface area contributed by atoms with Crippen molar-refractivity contribution in [3.8, 4) is 0 Å². The quantitative estimate of drug-likeness (QED) is 0.694. The van der Waals surface area contributed by atoms with Gasteiger partial charge in [0.2, 0.25) is 5.66 Å². The fraction of sp³-hybridized carbons (Fsp3) is 0.389. The Kier molecular flexibility index (Phi) is 4.20. The van der Waals surface area contributed by atoms with Gasteiger partial charge in [0.05, 0.1) is 18.9 Å². The number of aliphatic hydroxyl groups is 1. The number of amides is 1. The van der Waals surface area contributed by atoms with E-state index in [0.717, 1.165) is 12.6 Å². The third-order valence-electron chi connectivity index (χ3n) is 5.03. The fourth-order valence-electron chi connectivity index (χ4n) is 3.19. The summed E-state index contributed by atoms with van der Waals surface area (Å²) in [5, 5.41) is 17.2. The number of hydrogen-bond donors (Lipinski definition) is 3. The Bertz CT molecular complexity index is 955. The average molecular weight is 391 g/mol. The largest absolute Gasteiger partial charge is 0.379 e. The summed E-state index contributed by atoms with van der Waals surface area (Å²) in [6.45, 7) is 2.00. The standard InChI is InChI=1S/C18H19F2N5O3/c1-17(27,16(19)20)10-2-4-11(5-3-10)22-15-12(14(21)26)8-25(24-15)18-9-28-7-6-13(18)23-18/h2-5,8,16,27H,6-7,9H2,1H3,(H2,21,26)(H,22,24)/t17-,18-/m0/s1. The SMILES string of the molecule is C[C@](O)(c1ccc(Nc2nn([C@@]34COCCC3=N4)cc2C(N)=O)cc1)C(F)F. The number of nitrogens with two attached hydrogens (primary N) is 1. The number of aliphatic imine (C=N–C) groups is 1. The van der Waals surface area contributed by atoms with E-state index in [-0.39, 0.29) is 16.9 Å². The molecule has 0 unspecified atom stereocenters. The first-order valence-electron chi connectivity index (χ1n) is 8.69. The Morgan fingerprint density at radius 3 is 2.75 bits per heavy atom. The molecule has 1 aromatic carbocycles. The van der Waals surface area contributed by atoms with Crippen LogP contribution in [0.2, 0.25) is 0 Å². The maximum Gasteiger partial charge on any atom is 0.270 e. The highest BCUT2D eigenvalue weighted by Gasteiger charge is 2.52. The van der Waals surface area contributed by atoms with Gasteiger partial charge in [-0.15, -0.1) is 0 Å². The monoisotopic (exact) mass is 391 g/mol. The van der Waals surface area contributed by atoms with Crippen molar-refractivity contribution < 1.29 is 23.4 Å². The predicted molar refractivity (Wildman–Crippen MR) is 96.9 cm³/mol. The molecule has 148 valence electrons. The van der Waals surface area contributed by atoms with Gasteiger partial charge in [0.15, 0.2) is 5.82 Å². The molecule has 4 N–H and O–H groups in total. The van der Waals surface area contributed by atoms with Crippen LogP contribution in [-0.4, -0.2) is 46.1 Å². The second kappa shape index (κ2) is 6.35. The molecule has 0 bridgehead atoms. The lowest BCUT2D eigenvalue weighted by Crippen LogP contribution is -2.35. The zero-order valence-electron chi connectivity index (χ0n) is 15.0. The number of ether oxygens (including phenoxy) is 1. The highest BCUT2D eigenvalue weighted by atomic mass is 19.3. The second-order valence-electron chi connectivity index (χ2n) is 7.03. The van der Waals surface area contributed by atoms with E-state index in [0.29, 0.717) is 25.3 Å². The number of carbonyl (C=O) groups excluding carboxylic acids is 1. The van der Waals surface area contributed by atoms with Crippen molar-refractivity contribution in [2.75, 3.05) is 18.5 Å². The summed E-state index contributed by atoms with van der Waals surface area (Å²) in [6.07, 6.45) is -0.695. The number of alkyl halides is 2. The summed E-state index contributed by atoms with van der Waals surface area (Å²) in [5.74, 6) is -0.441. The Balaban J connectivity index is 1.59. The molecule has 1 aromatic heterocycles. The highest BCUT2D eigenvalue weighted by molar-refractivity contribution is 6.04. The number of fused-ring (bicyclic) bond motifs is 1. The second-order valence-corrected chi connectivity index (χ2v) is 7.03. The zero-order chi connectivity index (χ0) is 20.1. The van der Waals surface area contributed by atoms with Gasteiger partial charge < -0.3 is 20.9 Å². The van der Waals surface area contributed by atoms with Crippen LogP contribution in [0.25, 0.3) is 0 Å². The van der Waals surface area contributed by atoms with Crippen molar-refractivity contribution in [1.82, 2.24) is 9.78 Å². The van der Waals surface area contributed by atoms with Crippen molar-refractivity contribution in [3.05, 3.63) is 41.6 Å². The van der Waals surface area contributed by atoms with E-state index < -0.39 is 23.6 Å². The normalized spacial score (nSPS) is 23.0. The van der Waals surface area contributed by atoms with Gasteiger partial charge in [-0.1, -0.05) is 12.1 Å². The van der Waals surface area contributed by atoms with Gasteiger partial charge in [0, 0.05) is 18.3 Å². The minimum Gasteiger partial charge on any atom is -0.379 e. The molecule has 4 rings (SSSR count). The predicted octanol–water partition coefficient (Wildman–Crippen LogP) is 1.73. The lowest BCUT2D eigenvalue weighted by atomic mass is 9.96. The Morgan fingerprint density at radius 2 is 2.14 bits per heavy atom. The van der Waals surface area contributed by atoms with Gasteiger partial charge in [-0.05, 0) is 24.6 Å². The fourth-order valence-corrected chi connectivity index (χ4v) is 3.19. The first kappa shape index (κ1) is 18.5. The Hall–Kier alpha value is -2.85. The summed E-state index contributed by atoms with van der Waals surface area (Å²) >= 11 is 0. The number of anilines is 2. The van der Waals surface area contributed by atoms with Crippen molar-refractivity contribution in [2.24, 2.45) is 10.7 Å². The average Bonchev–Trinajstić information content (AvgIpc) is 3.26. The van der Waals surface area contributed by atoms with E-state index in [4.69, 9.17) is 10.5 Å². The summed E-state index contributed by atoms with van der Waals surface area (Å²) in [5.41, 5.74) is 4.24. The third kappa shape index (κ3) is 2.94. The van der Waals surface area contributed by atoms with Crippen LogP contribution in [0, 0.1) is 0 Å². The maximum atomic E-state index is 13.0. The summed E-state index contributed by atoms with van der Waals surface area (Å²) in [4.78, 5) is 16.3. The molecule has 0 radical (unpaired) electrons. The molecule has 1 fully saturated rings. The summed E-state index contributed by atoms with van der Waals surface area (Å²) in [6, 6.07) is 5.78. The van der Waals surface area contributed by atoms with Gasteiger partial charge in [0.25, 0.3) is 12.3 Å². The lowest BCUT2D eigenvalue weighted by molar-refractivity contribution is -0.0883. The van der Waals surface area contributed by atoms with Crippen LogP contribution in [-0.2, 0) is 16.0 Å². The van der Waals surface area contributed by atoms with Crippen molar-refractivity contribution >= 4 is 23.1 Å². The number of nitrogens with zero attached hydrogens (tertiary/aromatic N) is 3. The molecular weight excluding hydrogens is 372 g/mol. The topological polar surface area (TPSA) is 115 Å². The molecule has 2 aliphatic rings. The lowest BCUT2D eigenvalue weighted by Gasteiger charge is -2.22. The van der Waals surface area contributed by atoms with Crippen LogP contribution in [0.15, 0.2) is 35.5 Å². The summed E-state index contributed by atoms with van der Waals surface area (Å²) < 4.78 is 32.9. The van der Waals surface area contributed by atoms with Crippen LogP contribution in [0.5, 0.6) is 0 Å². The van der Waals surface area contributed by atoms with Crippen LogP contribution in [0.1, 0.15) is 29.3 Å². The van der Waals surface area contributed by atoms with Crippen LogP contribution in [0.3, 0.4) is 0 Å². The molecule has 28 heavy (non-hydrogen) atoms. The minimum atomic E-state index is -2.92. The van der Waals surface area contributed by atoms with Crippen molar-refractivity contribution in [2.45, 2.75) is 31.0 Å². The van der Waals surface area contributed by atoms with E-state index in [1.807, 2.05) is 0 Å². The molecule has 0 spiro atoms. The molecule has 1 amide bonds. The van der Waals surface area contributed by atoms with E-state index in [1.165, 1.54) is 30.5 Å². The van der Waals surface area contributed by atoms with Gasteiger partial charge in [-0.25, -0.2) is 13.5 Å². The van der Waals surface area contributed by atoms with Gasteiger partial charge in [-0.2, -0.15) is 5.10 Å². The Labute approximate surface area is 159 Å². The van der Waals surface area contributed by atoms with Crippen molar-refractivity contribution in [3.63, 3.8) is 0 Å². The van der Waals surface area contributed by atoms with E-state index >= 15 is 0 Å². The summed E-state index contributed by atoms with van der Waals surface area (Å²) in [7, 11) is 0.